The highest BCUT2D eigenvalue weighted by Crippen LogP contribution is 2.33. The van der Waals surface area contributed by atoms with Crippen molar-refractivity contribution in [1.29, 1.82) is 0 Å². The van der Waals surface area contributed by atoms with Crippen molar-refractivity contribution in [3.05, 3.63) is 33.8 Å². The topological polar surface area (TPSA) is 100 Å². The lowest BCUT2D eigenvalue weighted by Crippen LogP contribution is -2.13. The minimum Gasteiger partial charge on any atom is -0.484 e. The van der Waals surface area contributed by atoms with Crippen molar-refractivity contribution < 1.29 is 13.2 Å². The second-order valence-electron chi connectivity index (χ2n) is 4.27. The molecule has 0 atom stereocenters. The minimum atomic E-state index is -3.94. The van der Waals surface area contributed by atoms with E-state index in [1.807, 2.05) is 0 Å². The van der Waals surface area contributed by atoms with E-state index >= 15 is 0 Å². The van der Waals surface area contributed by atoms with Gasteiger partial charge >= 0.3 is 0 Å². The molecule has 0 saturated heterocycles. The first-order valence-corrected chi connectivity index (χ1v) is 8.00. The van der Waals surface area contributed by atoms with Gasteiger partial charge in [-0.25, -0.2) is 13.6 Å². The number of primary sulfonamides is 1. The Bertz CT molecular complexity index is 789. The molecule has 1 aromatic heterocycles. The first-order chi connectivity index (χ1) is 9.70. The number of nitrogens with zero attached hydrogens (tertiary/aromatic N) is 3. The van der Waals surface area contributed by atoms with Crippen molar-refractivity contribution in [2.75, 3.05) is 0 Å². The van der Waals surface area contributed by atoms with Gasteiger partial charge in [0.05, 0.1) is 10.0 Å². The number of aromatic nitrogens is 3. The molecule has 0 radical (unpaired) electrons. The highest BCUT2D eigenvalue weighted by Gasteiger charge is 2.17. The van der Waals surface area contributed by atoms with E-state index in [0.717, 1.165) is 11.9 Å². The molecule has 7 nitrogen and oxygen atoms in total. The zero-order chi connectivity index (χ0) is 15.8. The lowest BCUT2D eigenvalue weighted by Gasteiger charge is -2.10. The van der Waals surface area contributed by atoms with E-state index in [1.165, 1.54) is 6.07 Å². The van der Waals surface area contributed by atoms with Gasteiger partial charge in [-0.05, 0) is 13.0 Å². The molecule has 2 N–H and O–H groups in total. The Labute approximate surface area is 131 Å². The molecule has 0 bridgehead atoms. The third-order valence-corrected chi connectivity index (χ3v) is 4.50. The van der Waals surface area contributed by atoms with Crippen LogP contribution in [0.3, 0.4) is 0 Å². The molecular weight excluding hydrogens is 339 g/mol. The predicted octanol–water partition coefficient (Wildman–Crippen LogP) is 1.66. The van der Waals surface area contributed by atoms with E-state index in [9.17, 15) is 8.42 Å². The SMILES string of the molecule is Cc1nnc(COc2cc(Cl)c(S(N)(=O)=O)cc2Cl)n1C. The van der Waals surface area contributed by atoms with Crippen molar-refractivity contribution in [2.24, 2.45) is 12.2 Å². The summed E-state index contributed by atoms with van der Waals surface area (Å²) in [5, 5.41) is 12.9. The van der Waals surface area contributed by atoms with Crippen LogP contribution in [-0.4, -0.2) is 23.2 Å². The van der Waals surface area contributed by atoms with Crippen LogP contribution in [0.2, 0.25) is 10.0 Å². The summed E-state index contributed by atoms with van der Waals surface area (Å²) in [4.78, 5) is -0.254. The Morgan fingerprint density at radius 3 is 2.48 bits per heavy atom. The normalized spacial score (nSPS) is 11.7. The number of sulfonamides is 1. The van der Waals surface area contributed by atoms with E-state index in [4.69, 9.17) is 33.1 Å². The molecule has 114 valence electrons. The Morgan fingerprint density at radius 2 is 1.95 bits per heavy atom. The van der Waals surface area contributed by atoms with Gasteiger partial charge in [-0.3, -0.25) is 0 Å². The highest BCUT2D eigenvalue weighted by atomic mass is 35.5. The number of nitrogens with two attached hydrogens (primary N) is 1. The molecule has 2 aromatic rings. The largest absolute Gasteiger partial charge is 0.484 e. The van der Waals surface area contributed by atoms with Gasteiger partial charge in [0.1, 0.15) is 23.1 Å². The van der Waals surface area contributed by atoms with Gasteiger partial charge in [-0.15, -0.1) is 10.2 Å². The Balaban J connectivity index is 2.26. The van der Waals surface area contributed by atoms with Crippen LogP contribution >= 0.6 is 23.2 Å². The summed E-state index contributed by atoms with van der Waals surface area (Å²) >= 11 is 11.8. The number of aryl methyl sites for hydroxylation is 1. The van der Waals surface area contributed by atoms with Crippen molar-refractivity contribution in [3.8, 4) is 5.75 Å². The molecule has 1 aromatic carbocycles. The highest BCUT2D eigenvalue weighted by molar-refractivity contribution is 7.89. The molecule has 0 amide bonds. The first-order valence-electron chi connectivity index (χ1n) is 5.69. The lowest BCUT2D eigenvalue weighted by atomic mass is 10.3. The fourth-order valence-electron chi connectivity index (χ4n) is 1.56. The molecule has 1 heterocycles. The van der Waals surface area contributed by atoms with Crippen molar-refractivity contribution in [2.45, 2.75) is 18.4 Å². The maximum Gasteiger partial charge on any atom is 0.239 e. The molecule has 10 heteroatoms. The van der Waals surface area contributed by atoms with Crippen LogP contribution in [0.1, 0.15) is 11.6 Å². The predicted molar refractivity (Wildman–Crippen MR) is 77.9 cm³/mol. The molecule has 0 aliphatic carbocycles. The standard InChI is InChI=1S/C11H12Cl2N4O3S/c1-6-15-16-11(17(6)2)5-20-9-3-8(13)10(4-7(9)12)21(14,18)19/h3-4H,5H2,1-2H3,(H2,14,18,19). The van der Waals surface area contributed by atoms with Gasteiger partial charge in [0, 0.05) is 13.1 Å². The summed E-state index contributed by atoms with van der Waals surface area (Å²) in [6.07, 6.45) is 0. The molecule has 0 spiro atoms. The maximum atomic E-state index is 11.3. The van der Waals surface area contributed by atoms with E-state index in [-0.39, 0.29) is 27.3 Å². The summed E-state index contributed by atoms with van der Waals surface area (Å²) in [5.74, 6) is 1.56. The van der Waals surface area contributed by atoms with Crippen LogP contribution in [0.15, 0.2) is 17.0 Å². The van der Waals surface area contributed by atoms with Crippen LogP contribution < -0.4 is 9.88 Å². The number of halogens is 2. The van der Waals surface area contributed by atoms with Crippen LogP contribution in [0, 0.1) is 6.92 Å². The van der Waals surface area contributed by atoms with Gasteiger partial charge in [-0.1, -0.05) is 23.2 Å². The summed E-state index contributed by atoms with van der Waals surface area (Å²) in [7, 11) is -2.14. The molecular formula is C11H12Cl2N4O3S. The summed E-state index contributed by atoms with van der Waals surface area (Å²) in [5.41, 5.74) is 0. The molecule has 0 aliphatic heterocycles. The van der Waals surface area contributed by atoms with Crippen molar-refractivity contribution in [3.63, 3.8) is 0 Å². The second-order valence-corrected chi connectivity index (χ2v) is 6.61. The Hall–Kier alpha value is -1.35. The van der Waals surface area contributed by atoms with Crippen molar-refractivity contribution in [1.82, 2.24) is 14.8 Å². The van der Waals surface area contributed by atoms with Gasteiger partial charge in [0.2, 0.25) is 10.0 Å². The quantitative estimate of drug-likeness (QED) is 0.903. The van der Waals surface area contributed by atoms with Crippen molar-refractivity contribution >= 4 is 33.2 Å². The summed E-state index contributed by atoms with van der Waals surface area (Å²) in [6.45, 7) is 1.92. The second kappa shape index (κ2) is 5.80. The van der Waals surface area contributed by atoms with Gasteiger partial charge in [0.25, 0.3) is 0 Å². The number of hydrogen-bond acceptors (Lipinski definition) is 5. The fraction of sp³-hybridized carbons (Fsp3) is 0.273. The van der Waals surface area contributed by atoms with Crippen LogP contribution in [-0.2, 0) is 23.7 Å². The number of ether oxygens (including phenoxy) is 1. The minimum absolute atomic E-state index is 0.0638. The monoisotopic (exact) mass is 350 g/mol. The van der Waals surface area contributed by atoms with Gasteiger partial charge in [-0.2, -0.15) is 0 Å². The number of benzene rings is 1. The molecule has 2 rings (SSSR count). The molecule has 0 fully saturated rings. The number of rotatable bonds is 4. The van der Waals surface area contributed by atoms with Gasteiger partial charge in [0.15, 0.2) is 5.82 Å². The zero-order valence-corrected chi connectivity index (χ0v) is 13.5. The average Bonchev–Trinajstić information content (AvgIpc) is 2.69. The molecule has 0 unspecified atom stereocenters. The van der Waals surface area contributed by atoms with Gasteiger partial charge < -0.3 is 9.30 Å². The zero-order valence-electron chi connectivity index (χ0n) is 11.2. The molecule has 21 heavy (non-hydrogen) atoms. The van der Waals surface area contributed by atoms with E-state index in [0.29, 0.717) is 5.82 Å². The van der Waals surface area contributed by atoms with E-state index in [1.54, 1.807) is 18.5 Å². The summed E-state index contributed by atoms with van der Waals surface area (Å²) in [6, 6.07) is 2.45. The molecule has 0 aliphatic rings. The third kappa shape index (κ3) is 3.46. The number of hydrogen-bond donors (Lipinski definition) is 1. The first kappa shape index (κ1) is 16.0. The fourth-order valence-corrected chi connectivity index (χ4v) is 2.93. The maximum absolute atomic E-state index is 11.3. The lowest BCUT2D eigenvalue weighted by molar-refractivity contribution is 0.291. The van der Waals surface area contributed by atoms with E-state index in [2.05, 4.69) is 10.2 Å². The third-order valence-electron chi connectivity index (χ3n) is 2.83. The Morgan fingerprint density at radius 1 is 1.29 bits per heavy atom. The average molecular weight is 351 g/mol. The smallest absolute Gasteiger partial charge is 0.239 e. The van der Waals surface area contributed by atoms with E-state index < -0.39 is 10.0 Å². The Kier molecular flexibility index (Phi) is 4.43. The van der Waals surface area contributed by atoms with Crippen LogP contribution in [0.4, 0.5) is 0 Å². The van der Waals surface area contributed by atoms with Crippen LogP contribution in [0.5, 0.6) is 5.75 Å². The van der Waals surface area contributed by atoms with Crippen LogP contribution in [0.25, 0.3) is 0 Å². The molecule has 0 saturated carbocycles. The summed E-state index contributed by atoms with van der Waals surface area (Å²) < 4.78 is 29.9.